The van der Waals surface area contributed by atoms with Gasteiger partial charge in [-0.1, -0.05) is 32.4 Å². The Balaban J connectivity index is 2.72. The monoisotopic (exact) mass is 274 g/mol. The highest BCUT2D eigenvalue weighted by Gasteiger charge is 2.31. The number of hydrogen-bond donors (Lipinski definition) is 0. The maximum Gasteiger partial charge on any atom is 0.167 e. The molecule has 0 amide bonds. The molecule has 0 aliphatic carbocycles. The van der Waals surface area contributed by atoms with E-state index in [9.17, 15) is 4.79 Å². The lowest BCUT2D eigenvalue weighted by atomic mass is 9.85. The molecular weight excluding hydrogens is 256 g/mol. The van der Waals surface area contributed by atoms with Crippen molar-refractivity contribution in [2.75, 3.05) is 6.61 Å². The second kappa shape index (κ2) is 5.98. The van der Waals surface area contributed by atoms with Crippen molar-refractivity contribution in [2.45, 2.75) is 40.2 Å². The lowest BCUT2D eigenvalue weighted by Gasteiger charge is -2.29. The highest BCUT2D eigenvalue weighted by Crippen LogP contribution is 2.27. The summed E-state index contributed by atoms with van der Waals surface area (Å²) in [4.78, 5) is 13.2. The summed E-state index contributed by atoms with van der Waals surface area (Å²) in [5.41, 5.74) is -0.172. The van der Waals surface area contributed by atoms with Crippen LogP contribution in [0.3, 0.4) is 0 Å². The van der Waals surface area contributed by atoms with Crippen LogP contribution in [0.2, 0.25) is 4.34 Å². The average Bonchev–Trinajstić information content (AvgIpc) is 2.58. The van der Waals surface area contributed by atoms with Gasteiger partial charge in [-0.15, -0.1) is 11.3 Å². The molecule has 1 atom stereocenters. The minimum Gasteiger partial charge on any atom is -0.370 e. The number of Topliss-reactive ketones (excluding diaryl/α,β-unsaturated/α-hetero) is 1. The zero-order chi connectivity index (χ0) is 13.1. The topological polar surface area (TPSA) is 26.3 Å². The molecule has 1 rings (SSSR count). The molecule has 0 saturated carbocycles. The molecule has 0 aromatic carbocycles. The van der Waals surface area contributed by atoms with Gasteiger partial charge >= 0.3 is 0 Å². The molecule has 0 saturated heterocycles. The Morgan fingerprint density at radius 2 is 2.12 bits per heavy atom. The summed E-state index contributed by atoms with van der Waals surface area (Å²) in [5.74, 6) is 0.123. The molecular formula is C13H19ClO2S. The molecule has 1 aromatic rings. The molecule has 0 bridgehead atoms. The van der Waals surface area contributed by atoms with E-state index in [4.69, 9.17) is 16.3 Å². The van der Waals surface area contributed by atoms with Gasteiger partial charge < -0.3 is 4.74 Å². The minimum atomic E-state index is -0.353. The van der Waals surface area contributed by atoms with Crippen LogP contribution >= 0.6 is 22.9 Å². The number of hydrogen-bond acceptors (Lipinski definition) is 3. The summed E-state index contributed by atoms with van der Waals surface area (Å²) in [6.45, 7) is 8.53. The van der Waals surface area contributed by atoms with Gasteiger partial charge in [-0.05, 0) is 24.5 Å². The van der Waals surface area contributed by atoms with Crippen molar-refractivity contribution in [2.24, 2.45) is 5.41 Å². The zero-order valence-electron chi connectivity index (χ0n) is 10.7. The van der Waals surface area contributed by atoms with Crippen LogP contribution in [0.5, 0.6) is 0 Å². The van der Waals surface area contributed by atoms with E-state index in [1.165, 1.54) is 11.3 Å². The van der Waals surface area contributed by atoms with Crippen LogP contribution < -0.4 is 0 Å². The molecule has 0 radical (unpaired) electrons. The molecule has 0 fully saturated rings. The van der Waals surface area contributed by atoms with Crippen LogP contribution in [-0.4, -0.2) is 18.5 Å². The molecule has 4 heteroatoms. The molecule has 0 N–H and O–H groups in total. The summed E-state index contributed by atoms with van der Waals surface area (Å²) in [6.07, 6.45) is 0.0488. The second-order valence-electron chi connectivity index (χ2n) is 5.05. The molecule has 2 nitrogen and oxygen atoms in total. The van der Waals surface area contributed by atoms with Crippen LogP contribution in [0.4, 0.5) is 0 Å². The lowest BCUT2D eigenvalue weighted by molar-refractivity contribution is -0.136. The first kappa shape index (κ1) is 14.7. The minimum absolute atomic E-state index is 0.123. The van der Waals surface area contributed by atoms with Crippen molar-refractivity contribution in [1.29, 1.82) is 0 Å². The van der Waals surface area contributed by atoms with Crippen LogP contribution in [-0.2, 0) is 16.0 Å². The van der Waals surface area contributed by atoms with Gasteiger partial charge in [0.1, 0.15) is 6.10 Å². The van der Waals surface area contributed by atoms with E-state index in [-0.39, 0.29) is 17.3 Å². The fourth-order valence-corrected chi connectivity index (χ4v) is 2.80. The number of carbonyl (C=O) groups is 1. The molecule has 1 unspecified atom stereocenters. The molecule has 96 valence electrons. The Morgan fingerprint density at radius 3 is 2.53 bits per heavy atom. The van der Waals surface area contributed by atoms with Crippen molar-refractivity contribution >= 4 is 28.7 Å². The summed E-state index contributed by atoms with van der Waals surface area (Å²) in [5, 5.41) is 0. The molecule has 0 aliphatic rings. The van der Waals surface area contributed by atoms with Crippen molar-refractivity contribution in [1.82, 2.24) is 0 Å². The van der Waals surface area contributed by atoms with E-state index in [0.717, 1.165) is 9.21 Å². The number of halogens is 1. The Bertz CT molecular complexity index is 379. The maximum absolute atomic E-state index is 12.2. The van der Waals surface area contributed by atoms with Gasteiger partial charge in [-0.2, -0.15) is 0 Å². The quantitative estimate of drug-likeness (QED) is 0.812. The Labute approximate surface area is 112 Å². The fourth-order valence-electron chi connectivity index (χ4n) is 1.70. The van der Waals surface area contributed by atoms with E-state index < -0.39 is 0 Å². The number of rotatable bonds is 5. The maximum atomic E-state index is 12.2. The highest BCUT2D eigenvalue weighted by molar-refractivity contribution is 7.16. The van der Waals surface area contributed by atoms with E-state index in [2.05, 4.69) is 0 Å². The van der Waals surface area contributed by atoms with E-state index in [1.54, 1.807) is 0 Å². The molecule has 17 heavy (non-hydrogen) atoms. The normalized spacial score (nSPS) is 13.7. The van der Waals surface area contributed by atoms with Crippen LogP contribution in [0, 0.1) is 5.41 Å². The van der Waals surface area contributed by atoms with Gasteiger partial charge in [0.05, 0.1) is 4.34 Å². The van der Waals surface area contributed by atoms with E-state index in [1.807, 2.05) is 39.8 Å². The molecule has 0 aliphatic heterocycles. The number of ether oxygens (including phenoxy) is 1. The average molecular weight is 275 g/mol. The van der Waals surface area contributed by atoms with Gasteiger partial charge in [-0.25, -0.2) is 0 Å². The van der Waals surface area contributed by atoms with Crippen molar-refractivity contribution in [3.63, 3.8) is 0 Å². The molecule has 1 heterocycles. The number of thiophene rings is 1. The summed E-state index contributed by atoms with van der Waals surface area (Å²) in [6, 6.07) is 3.72. The van der Waals surface area contributed by atoms with E-state index in [0.29, 0.717) is 13.0 Å². The predicted molar refractivity (Wildman–Crippen MR) is 72.9 cm³/mol. The first-order chi connectivity index (χ1) is 7.84. The van der Waals surface area contributed by atoms with E-state index >= 15 is 0 Å². The number of carbonyl (C=O) groups excluding carboxylic acids is 1. The summed E-state index contributed by atoms with van der Waals surface area (Å²) < 4.78 is 6.29. The van der Waals surface area contributed by atoms with Crippen molar-refractivity contribution in [3.05, 3.63) is 21.3 Å². The first-order valence-corrected chi connectivity index (χ1v) is 6.92. The third-order valence-electron chi connectivity index (χ3n) is 2.39. The fraction of sp³-hybridized carbons (Fsp3) is 0.615. The van der Waals surface area contributed by atoms with Gasteiger partial charge in [0.15, 0.2) is 5.78 Å². The Hall–Kier alpha value is -0.380. The second-order valence-corrected chi connectivity index (χ2v) is 6.85. The van der Waals surface area contributed by atoms with Crippen molar-refractivity contribution < 1.29 is 9.53 Å². The zero-order valence-corrected chi connectivity index (χ0v) is 12.3. The van der Waals surface area contributed by atoms with Crippen LogP contribution in [0.15, 0.2) is 12.1 Å². The van der Waals surface area contributed by atoms with Gasteiger partial charge in [0.2, 0.25) is 0 Å². The van der Waals surface area contributed by atoms with Gasteiger partial charge in [-0.3, -0.25) is 4.79 Å². The molecule has 1 aromatic heterocycles. The first-order valence-electron chi connectivity index (χ1n) is 5.73. The van der Waals surface area contributed by atoms with Gasteiger partial charge in [0, 0.05) is 17.9 Å². The standard InChI is InChI=1S/C13H19ClO2S/c1-5-16-12(13(2,3)4)10(15)8-9-6-7-11(14)17-9/h6-7,12H,5,8H2,1-4H3. The molecule has 0 spiro atoms. The lowest BCUT2D eigenvalue weighted by Crippen LogP contribution is -2.37. The highest BCUT2D eigenvalue weighted by atomic mass is 35.5. The van der Waals surface area contributed by atoms with Crippen LogP contribution in [0.25, 0.3) is 0 Å². The van der Waals surface area contributed by atoms with Gasteiger partial charge in [0.25, 0.3) is 0 Å². The van der Waals surface area contributed by atoms with Crippen molar-refractivity contribution in [3.8, 4) is 0 Å². The third kappa shape index (κ3) is 4.41. The Kier molecular flexibility index (Phi) is 5.17. The largest absolute Gasteiger partial charge is 0.370 e. The summed E-state index contributed by atoms with van der Waals surface area (Å²) in [7, 11) is 0. The predicted octanol–water partition coefficient (Wildman–Crippen LogP) is 3.96. The number of ketones is 1. The smallest absolute Gasteiger partial charge is 0.167 e. The SMILES string of the molecule is CCOC(C(=O)Cc1ccc(Cl)s1)C(C)(C)C. The third-order valence-corrected chi connectivity index (χ3v) is 3.62. The summed E-state index contributed by atoms with van der Waals surface area (Å²) >= 11 is 7.30. The van der Waals surface area contributed by atoms with Crippen LogP contribution in [0.1, 0.15) is 32.6 Å². The Morgan fingerprint density at radius 1 is 1.47 bits per heavy atom.